The molecular formula is C15H22N2. The summed E-state index contributed by atoms with van der Waals surface area (Å²) < 4.78 is 0. The van der Waals surface area contributed by atoms with Crippen LogP contribution in [0.5, 0.6) is 0 Å². The molecule has 0 unspecified atom stereocenters. The van der Waals surface area contributed by atoms with Crippen LogP contribution in [0.25, 0.3) is 0 Å². The van der Waals surface area contributed by atoms with Crippen molar-refractivity contribution in [2.45, 2.75) is 40.5 Å². The summed E-state index contributed by atoms with van der Waals surface area (Å²) in [5.41, 5.74) is 3.89. The minimum atomic E-state index is 0.160. The molecule has 0 bridgehead atoms. The lowest BCUT2D eigenvalue weighted by Gasteiger charge is -2.24. The molecule has 2 heteroatoms. The molecule has 0 heterocycles. The van der Waals surface area contributed by atoms with Crippen LogP contribution in [0.4, 0.5) is 5.69 Å². The van der Waals surface area contributed by atoms with E-state index in [1.54, 1.807) is 0 Å². The largest absolute Gasteiger partial charge is 0.384 e. The van der Waals surface area contributed by atoms with Crippen LogP contribution in [0, 0.1) is 30.6 Å². The van der Waals surface area contributed by atoms with E-state index in [9.17, 15) is 0 Å². The molecule has 0 saturated carbocycles. The Hall–Kier alpha value is -1.49. The van der Waals surface area contributed by atoms with Crippen molar-refractivity contribution in [2.24, 2.45) is 5.41 Å². The average Bonchev–Trinajstić information content (AvgIpc) is 2.23. The van der Waals surface area contributed by atoms with E-state index in [4.69, 9.17) is 5.26 Å². The van der Waals surface area contributed by atoms with E-state index in [2.05, 4.69) is 57.3 Å². The standard InChI is InChI=1S/C15H22N2/c1-12-8-13(2)10-14(9-12)17-11-15(3,4)6-5-7-16/h8-10,17H,5-6,11H2,1-4H3. The molecule has 0 fully saturated rings. The number of nitrogens with one attached hydrogen (secondary N) is 1. The van der Waals surface area contributed by atoms with Crippen molar-refractivity contribution in [1.82, 2.24) is 0 Å². The molecule has 0 aliphatic heterocycles. The fourth-order valence-electron chi connectivity index (χ4n) is 1.90. The van der Waals surface area contributed by atoms with Crippen molar-refractivity contribution in [3.8, 4) is 6.07 Å². The van der Waals surface area contributed by atoms with Gasteiger partial charge in [0.2, 0.25) is 0 Å². The SMILES string of the molecule is Cc1cc(C)cc(NCC(C)(C)CCC#N)c1. The number of nitriles is 1. The molecule has 0 aromatic heterocycles. The number of anilines is 1. The van der Waals surface area contributed by atoms with E-state index in [-0.39, 0.29) is 5.41 Å². The van der Waals surface area contributed by atoms with Gasteiger partial charge in [-0.05, 0) is 48.9 Å². The first-order chi connectivity index (χ1) is 7.93. The van der Waals surface area contributed by atoms with Crippen molar-refractivity contribution in [2.75, 3.05) is 11.9 Å². The van der Waals surface area contributed by atoms with Gasteiger partial charge >= 0.3 is 0 Å². The van der Waals surface area contributed by atoms with Crippen LogP contribution in [0.3, 0.4) is 0 Å². The molecule has 0 atom stereocenters. The fraction of sp³-hybridized carbons (Fsp3) is 0.533. The van der Waals surface area contributed by atoms with Gasteiger partial charge in [0.25, 0.3) is 0 Å². The monoisotopic (exact) mass is 230 g/mol. The van der Waals surface area contributed by atoms with Crippen LogP contribution in [0.1, 0.15) is 37.8 Å². The maximum atomic E-state index is 8.62. The van der Waals surface area contributed by atoms with Crippen LogP contribution in [0.2, 0.25) is 0 Å². The number of aryl methyl sites for hydroxylation is 2. The molecular weight excluding hydrogens is 208 g/mol. The highest BCUT2D eigenvalue weighted by Gasteiger charge is 2.16. The van der Waals surface area contributed by atoms with Gasteiger partial charge in [0, 0.05) is 18.7 Å². The molecule has 0 radical (unpaired) electrons. The summed E-state index contributed by atoms with van der Waals surface area (Å²) in [5, 5.41) is 12.1. The van der Waals surface area contributed by atoms with Gasteiger partial charge < -0.3 is 5.32 Å². The van der Waals surface area contributed by atoms with Crippen LogP contribution in [0.15, 0.2) is 18.2 Å². The summed E-state index contributed by atoms with van der Waals surface area (Å²) in [6.07, 6.45) is 1.56. The topological polar surface area (TPSA) is 35.8 Å². The fourth-order valence-corrected chi connectivity index (χ4v) is 1.90. The Bertz CT molecular complexity index is 393. The summed E-state index contributed by atoms with van der Waals surface area (Å²) in [4.78, 5) is 0. The third kappa shape index (κ3) is 4.91. The van der Waals surface area contributed by atoms with Crippen LogP contribution in [-0.2, 0) is 0 Å². The van der Waals surface area contributed by atoms with Gasteiger partial charge in [-0.25, -0.2) is 0 Å². The molecule has 1 aromatic rings. The number of hydrogen-bond donors (Lipinski definition) is 1. The highest BCUT2D eigenvalue weighted by atomic mass is 14.9. The molecule has 1 rings (SSSR count). The minimum Gasteiger partial charge on any atom is -0.384 e. The summed E-state index contributed by atoms with van der Waals surface area (Å²) >= 11 is 0. The van der Waals surface area contributed by atoms with E-state index < -0.39 is 0 Å². The van der Waals surface area contributed by atoms with Gasteiger partial charge in [0.1, 0.15) is 0 Å². The zero-order valence-electron chi connectivity index (χ0n) is 11.3. The van der Waals surface area contributed by atoms with E-state index in [1.807, 2.05) is 0 Å². The lowest BCUT2D eigenvalue weighted by atomic mass is 9.88. The molecule has 0 saturated heterocycles. The highest BCUT2D eigenvalue weighted by molar-refractivity contribution is 5.48. The third-order valence-corrected chi connectivity index (χ3v) is 2.91. The van der Waals surface area contributed by atoms with Crippen molar-refractivity contribution in [1.29, 1.82) is 5.26 Å². The maximum Gasteiger partial charge on any atom is 0.0621 e. The molecule has 2 nitrogen and oxygen atoms in total. The first-order valence-electron chi connectivity index (χ1n) is 6.12. The van der Waals surface area contributed by atoms with Gasteiger partial charge in [-0.3, -0.25) is 0 Å². The van der Waals surface area contributed by atoms with Crippen LogP contribution in [-0.4, -0.2) is 6.54 Å². The summed E-state index contributed by atoms with van der Waals surface area (Å²) in [6.45, 7) is 9.51. The summed E-state index contributed by atoms with van der Waals surface area (Å²) in [5.74, 6) is 0. The van der Waals surface area contributed by atoms with E-state index in [1.165, 1.54) is 16.8 Å². The Balaban J connectivity index is 2.58. The maximum absolute atomic E-state index is 8.62. The molecule has 0 aliphatic carbocycles. The average molecular weight is 230 g/mol. The van der Waals surface area contributed by atoms with Crippen molar-refractivity contribution < 1.29 is 0 Å². The Morgan fingerprint density at radius 3 is 2.29 bits per heavy atom. The van der Waals surface area contributed by atoms with Crippen LogP contribution < -0.4 is 5.32 Å². The molecule has 1 N–H and O–H groups in total. The quantitative estimate of drug-likeness (QED) is 0.828. The molecule has 0 aliphatic rings. The first-order valence-corrected chi connectivity index (χ1v) is 6.12. The number of rotatable bonds is 5. The summed E-state index contributed by atoms with van der Waals surface area (Å²) in [7, 11) is 0. The van der Waals surface area contributed by atoms with Gasteiger partial charge in [-0.1, -0.05) is 19.9 Å². The zero-order valence-corrected chi connectivity index (χ0v) is 11.3. The Morgan fingerprint density at radius 1 is 1.18 bits per heavy atom. The number of benzene rings is 1. The van der Waals surface area contributed by atoms with E-state index in [0.717, 1.165) is 13.0 Å². The van der Waals surface area contributed by atoms with Gasteiger partial charge in [0.15, 0.2) is 0 Å². The lowest BCUT2D eigenvalue weighted by Crippen LogP contribution is -2.22. The molecule has 0 amide bonds. The smallest absolute Gasteiger partial charge is 0.0621 e. The predicted octanol–water partition coefficient (Wildman–Crippen LogP) is 4.05. The Kier molecular flexibility index (Phi) is 4.57. The predicted molar refractivity (Wildman–Crippen MR) is 73.0 cm³/mol. The third-order valence-electron chi connectivity index (χ3n) is 2.91. The van der Waals surface area contributed by atoms with E-state index in [0.29, 0.717) is 6.42 Å². The second-order valence-corrected chi connectivity index (χ2v) is 5.55. The molecule has 1 aromatic carbocycles. The van der Waals surface area contributed by atoms with Gasteiger partial charge in [0.05, 0.1) is 6.07 Å². The zero-order chi connectivity index (χ0) is 12.9. The van der Waals surface area contributed by atoms with Crippen LogP contribution >= 0.6 is 0 Å². The van der Waals surface area contributed by atoms with Crippen molar-refractivity contribution in [3.63, 3.8) is 0 Å². The Morgan fingerprint density at radius 2 is 1.76 bits per heavy atom. The Labute approximate surface area is 105 Å². The van der Waals surface area contributed by atoms with Gasteiger partial charge in [-0.2, -0.15) is 5.26 Å². The molecule has 17 heavy (non-hydrogen) atoms. The number of nitrogens with zero attached hydrogens (tertiary/aromatic N) is 1. The lowest BCUT2D eigenvalue weighted by molar-refractivity contribution is 0.364. The van der Waals surface area contributed by atoms with Gasteiger partial charge in [-0.15, -0.1) is 0 Å². The normalized spacial score (nSPS) is 11.0. The molecule has 92 valence electrons. The summed E-state index contributed by atoms with van der Waals surface area (Å²) in [6, 6.07) is 8.71. The highest BCUT2D eigenvalue weighted by Crippen LogP contribution is 2.23. The first kappa shape index (κ1) is 13.6. The number of hydrogen-bond acceptors (Lipinski definition) is 2. The second-order valence-electron chi connectivity index (χ2n) is 5.55. The second kappa shape index (κ2) is 5.72. The van der Waals surface area contributed by atoms with Crippen molar-refractivity contribution in [3.05, 3.63) is 29.3 Å². The van der Waals surface area contributed by atoms with Crippen molar-refractivity contribution >= 4 is 5.69 Å². The van der Waals surface area contributed by atoms with E-state index >= 15 is 0 Å². The molecule has 0 spiro atoms. The minimum absolute atomic E-state index is 0.160.